The third-order valence-corrected chi connectivity index (χ3v) is 4.22. The third-order valence-electron chi connectivity index (χ3n) is 4.22. The number of aromatic nitrogens is 2. The molecule has 0 aliphatic carbocycles. The van der Waals surface area contributed by atoms with Crippen molar-refractivity contribution in [2.75, 3.05) is 44.6 Å². The Hall–Kier alpha value is -2.68. The molecule has 0 bridgehead atoms. The topological polar surface area (TPSA) is 96.0 Å². The van der Waals surface area contributed by atoms with Crippen molar-refractivity contribution in [2.24, 2.45) is 0 Å². The minimum Gasteiger partial charge on any atom is -0.362 e. The lowest BCUT2D eigenvalue weighted by Crippen LogP contribution is -2.49. The zero-order valence-corrected chi connectivity index (χ0v) is 13.5. The number of nitrogens with one attached hydrogen (secondary N) is 1. The summed E-state index contributed by atoms with van der Waals surface area (Å²) in [5.41, 5.74) is 0.543. The average Bonchev–Trinajstić information content (AvgIpc) is 2.93. The first kappa shape index (κ1) is 16.2. The number of nitrogens with zero attached hydrogens (tertiary/aromatic N) is 5. The van der Waals surface area contributed by atoms with Crippen LogP contribution in [-0.2, 0) is 4.79 Å². The molecule has 1 fully saturated rings. The fourth-order valence-corrected chi connectivity index (χ4v) is 2.89. The lowest BCUT2D eigenvalue weighted by molar-refractivity contribution is -0.389. The van der Waals surface area contributed by atoms with Gasteiger partial charge in [0.2, 0.25) is 17.4 Å². The summed E-state index contributed by atoms with van der Waals surface area (Å²) < 4.78 is 1.47. The van der Waals surface area contributed by atoms with Gasteiger partial charge < -0.3 is 20.3 Å². The zero-order chi connectivity index (χ0) is 17.1. The number of carbonyl (C=O) groups is 1. The van der Waals surface area contributed by atoms with Gasteiger partial charge in [-0.2, -0.15) is 9.38 Å². The van der Waals surface area contributed by atoms with Crippen LogP contribution in [0.5, 0.6) is 0 Å². The van der Waals surface area contributed by atoms with Crippen LogP contribution in [0.25, 0.3) is 5.65 Å². The number of nitro groups is 1. The van der Waals surface area contributed by atoms with Gasteiger partial charge in [0.1, 0.15) is 0 Å². The summed E-state index contributed by atoms with van der Waals surface area (Å²) in [5.74, 6) is 0.341. The molecule has 9 nitrogen and oxygen atoms in total. The van der Waals surface area contributed by atoms with Crippen LogP contribution >= 0.6 is 0 Å². The molecule has 24 heavy (non-hydrogen) atoms. The average molecular weight is 332 g/mol. The molecular formula is C15H20N6O3. The van der Waals surface area contributed by atoms with Crippen LogP contribution in [0.4, 0.5) is 11.6 Å². The summed E-state index contributed by atoms with van der Waals surface area (Å²) in [4.78, 5) is 30.6. The van der Waals surface area contributed by atoms with Crippen molar-refractivity contribution < 1.29 is 9.72 Å². The second-order valence-electron chi connectivity index (χ2n) is 5.74. The van der Waals surface area contributed by atoms with E-state index in [2.05, 4.69) is 15.2 Å². The van der Waals surface area contributed by atoms with Gasteiger partial charge >= 0.3 is 5.82 Å². The maximum atomic E-state index is 11.3. The Morgan fingerprint density at radius 1 is 1.33 bits per heavy atom. The fraction of sp³-hybridized carbons (Fsp3) is 0.467. The number of piperazine rings is 1. The van der Waals surface area contributed by atoms with E-state index in [1.165, 1.54) is 4.40 Å². The summed E-state index contributed by atoms with van der Waals surface area (Å²) in [7, 11) is 0. The maximum absolute atomic E-state index is 11.3. The number of imidazole rings is 1. The summed E-state index contributed by atoms with van der Waals surface area (Å²) in [5, 5.41) is 14.4. The molecular weight excluding hydrogens is 312 g/mol. The quantitative estimate of drug-likeness (QED) is 0.643. The molecule has 1 amide bonds. The van der Waals surface area contributed by atoms with Crippen LogP contribution in [0.3, 0.4) is 0 Å². The van der Waals surface area contributed by atoms with E-state index in [0.717, 1.165) is 32.7 Å². The first-order chi connectivity index (χ1) is 11.6. The van der Waals surface area contributed by atoms with Crippen molar-refractivity contribution in [1.29, 1.82) is 0 Å². The molecule has 128 valence electrons. The van der Waals surface area contributed by atoms with Gasteiger partial charge in [-0.25, -0.2) is 0 Å². The highest BCUT2D eigenvalue weighted by Gasteiger charge is 2.22. The minimum absolute atomic E-state index is 0.0491. The predicted octanol–water partition coefficient (Wildman–Crippen LogP) is 0.818. The highest BCUT2D eigenvalue weighted by molar-refractivity contribution is 5.73. The predicted molar refractivity (Wildman–Crippen MR) is 89.0 cm³/mol. The molecule has 3 rings (SSSR count). The van der Waals surface area contributed by atoms with Crippen molar-refractivity contribution in [1.82, 2.24) is 19.2 Å². The number of pyridine rings is 1. The Morgan fingerprint density at radius 2 is 2.08 bits per heavy atom. The molecule has 3 heterocycles. The molecule has 0 spiro atoms. The van der Waals surface area contributed by atoms with E-state index in [4.69, 9.17) is 0 Å². The van der Waals surface area contributed by atoms with Gasteiger partial charge in [-0.15, -0.1) is 0 Å². The van der Waals surface area contributed by atoms with Gasteiger partial charge in [-0.05, 0) is 11.0 Å². The summed E-state index contributed by atoms with van der Waals surface area (Å²) in [6, 6.07) is 5.27. The molecule has 9 heteroatoms. The monoisotopic (exact) mass is 332 g/mol. The Kier molecular flexibility index (Phi) is 4.61. The van der Waals surface area contributed by atoms with E-state index < -0.39 is 4.92 Å². The standard InChI is InChI=1S/C15H20N6O3/c1-12(22)19-10-8-18(9-11-19)7-5-16-14-15(21(23)24)20-6-3-2-4-13(20)17-14/h2-4,6,16H,5,7-11H2,1H3. The number of amides is 1. The largest absolute Gasteiger partial charge is 0.372 e. The van der Waals surface area contributed by atoms with Crippen LogP contribution in [0.1, 0.15) is 6.92 Å². The van der Waals surface area contributed by atoms with Crippen LogP contribution in [0.2, 0.25) is 0 Å². The Bertz CT molecular complexity index is 751. The van der Waals surface area contributed by atoms with Gasteiger partial charge in [-0.1, -0.05) is 6.07 Å². The summed E-state index contributed by atoms with van der Waals surface area (Å²) in [6.07, 6.45) is 1.63. The second kappa shape index (κ2) is 6.83. The number of anilines is 1. The van der Waals surface area contributed by atoms with E-state index >= 15 is 0 Å². The molecule has 2 aromatic heterocycles. The number of rotatable bonds is 5. The smallest absolute Gasteiger partial charge is 0.362 e. The van der Waals surface area contributed by atoms with Gasteiger partial charge in [0.25, 0.3) is 0 Å². The van der Waals surface area contributed by atoms with E-state index in [-0.39, 0.29) is 17.5 Å². The van der Waals surface area contributed by atoms with E-state index in [9.17, 15) is 14.9 Å². The highest BCUT2D eigenvalue weighted by Crippen LogP contribution is 2.24. The number of hydrogen-bond donors (Lipinski definition) is 1. The molecule has 0 saturated carbocycles. The Morgan fingerprint density at radius 3 is 2.75 bits per heavy atom. The van der Waals surface area contributed by atoms with Crippen molar-refractivity contribution in [3.63, 3.8) is 0 Å². The zero-order valence-electron chi connectivity index (χ0n) is 13.5. The minimum atomic E-state index is -0.423. The lowest BCUT2D eigenvalue weighted by atomic mass is 10.3. The van der Waals surface area contributed by atoms with E-state index in [1.807, 2.05) is 4.90 Å². The molecule has 1 aliphatic heterocycles. The molecule has 0 unspecified atom stereocenters. The van der Waals surface area contributed by atoms with Crippen LogP contribution < -0.4 is 5.32 Å². The number of carbonyl (C=O) groups excluding carboxylic acids is 1. The van der Waals surface area contributed by atoms with Crippen LogP contribution in [0, 0.1) is 10.1 Å². The fourth-order valence-electron chi connectivity index (χ4n) is 2.89. The SMILES string of the molecule is CC(=O)N1CCN(CCNc2nc3ccccn3c2[N+](=O)[O-])CC1. The molecule has 1 saturated heterocycles. The lowest BCUT2D eigenvalue weighted by Gasteiger charge is -2.34. The summed E-state index contributed by atoms with van der Waals surface area (Å²) >= 11 is 0. The maximum Gasteiger partial charge on any atom is 0.372 e. The van der Waals surface area contributed by atoms with Gasteiger partial charge in [-0.3, -0.25) is 9.69 Å². The normalized spacial score (nSPS) is 15.6. The van der Waals surface area contributed by atoms with Crippen LogP contribution in [0.15, 0.2) is 24.4 Å². The Balaban J connectivity index is 1.59. The molecule has 0 atom stereocenters. The van der Waals surface area contributed by atoms with Crippen molar-refractivity contribution in [3.8, 4) is 0 Å². The highest BCUT2D eigenvalue weighted by atomic mass is 16.6. The second-order valence-corrected chi connectivity index (χ2v) is 5.74. The number of hydrogen-bond acceptors (Lipinski definition) is 6. The molecule has 1 N–H and O–H groups in total. The van der Waals surface area contributed by atoms with Gasteiger partial charge in [0, 0.05) is 52.3 Å². The molecule has 0 aromatic carbocycles. The molecule has 0 radical (unpaired) electrons. The Labute approximate surface area is 139 Å². The van der Waals surface area contributed by atoms with Crippen LogP contribution in [-0.4, -0.2) is 69.3 Å². The molecule has 2 aromatic rings. The summed E-state index contributed by atoms with van der Waals surface area (Å²) in [6.45, 7) is 5.97. The van der Waals surface area contributed by atoms with Gasteiger partial charge in [0.05, 0.1) is 6.20 Å². The third kappa shape index (κ3) is 3.30. The van der Waals surface area contributed by atoms with Crippen molar-refractivity contribution in [2.45, 2.75) is 6.92 Å². The first-order valence-electron chi connectivity index (χ1n) is 7.89. The van der Waals surface area contributed by atoms with E-state index in [1.54, 1.807) is 31.3 Å². The van der Waals surface area contributed by atoms with Crippen molar-refractivity contribution in [3.05, 3.63) is 34.5 Å². The van der Waals surface area contributed by atoms with Gasteiger partial charge in [0.15, 0.2) is 0 Å². The first-order valence-corrected chi connectivity index (χ1v) is 7.89. The molecule has 1 aliphatic rings. The van der Waals surface area contributed by atoms with Crippen molar-refractivity contribution >= 4 is 23.2 Å². The number of fused-ring (bicyclic) bond motifs is 1. The van der Waals surface area contributed by atoms with E-state index in [0.29, 0.717) is 12.2 Å².